The number of nitrogens with one attached hydrogen (secondary N) is 2. The Morgan fingerprint density at radius 2 is 1.95 bits per heavy atom. The summed E-state index contributed by atoms with van der Waals surface area (Å²) in [6.45, 7) is 4.27. The average Bonchev–Trinajstić information content (AvgIpc) is 2.47. The highest BCUT2D eigenvalue weighted by atomic mass is 16.5. The van der Waals surface area contributed by atoms with Crippen LogP contribution in [0, 0.1) is 6.92 Å². The van der Waals surface area contributed by atoms with E-state index >= 15 is 0 Å². The van der Waals surface area contributed by atoms with E-state index in [1.54, 1.807) is 7.11 Å². The number of anilines is 3. The van der Waals surface area contributed by atoms with Gasteiger partial charge in [-0.1, -0.05) is 6.07 Å². The first-order valence-corrected chi connectivity index (χ1v) is 6.43. The van der Waals surface area contributed by atoms with Gasteiger partial charge < -0.3 is 14.8 Å². The Labute approximate surface area is 122 Å². The molecule has 112 valence electrons. The molecule has 1 heterocycles. The van der Waals surface area contributed by atoms with Gasteiger partial charge in [-0.15, -0.1) is 0 Å². The molecule has 0 atom stereocenters. The van der Waals surface area contributed by atoms with Gasteiger partial charge in [-0.3, -0.25) is 5.43 Å². The smallest absolute Gasteiger partial charge is 0.323 e. The summed E-state index contributed by atoms with van der Waals surface area (Å²) in [5, 5.41) is 3.08. The second-order valence-corrected chi connectivity index (χ2v) is 4.17. The fourth-order valence-electron chi connectivity index (χ4n) is 1.71. The number of aryl methyl sites for hydroxylation is 1. The summed E-state index contributed by atoms with van der Waals surface area (Å²) in [6, 6.07) is 5.94. The Hall–Kier alpha value is -2.61. The van der Waals surface area contributed by atoms with E-state index in [0.717, 1.165) is 11.3 Å². The molecule has 8 heteroatoms. The quantitative estimate of drug-likeness (QED) is 0.544. The Kier molecular flexibility index (Phi) is 4.72. The molecule has 1 aromatic carbocycles. The zero-order valence-corrected chi connectivity index (χ0v) is 12.2. The Morgan fingerprint density at radius 1 is 1.19 bits per heavy atom. The summed E-state index contributed by atoms with van der Waals surface area (Å²) in [5.41, 5.74) is 4.20. The molecule has 0 unspecified atom stereocenters. The number of methoxy groups -OCH3 is 1. The lowest BCUT2D eigenvalue weighted by Gasteiger charge is -2.12. The summed E-state index contributed by atoms with van der Waals surface area (Å²) in [5.74, 6) is 6.55. The van der Waals surface area contributed by atoms with Crippen LogP contribution in [-0.2, 0) is 0 Å². The van der Waals surface area contributed by atoms with Gasteiger partial charge >= 0.3 is 6.01 Å². The number of hydrazine groups is 1. The van der Waals surface area contributed by atoms with E-state index in [4.69, 9.17) is 15.3 Å². The number of nitrogens with zero attached hydrogens (tertiary/aromatic N) is 3. The highest BCUT2D eigenvalue weighted by molar-refractivity contribution is 5.64. The Bertz CT molecular complexity index is 620. The summed E-state index contributed by atoms with van der Waals surface area (Å²) >= 11 is 0. The number of rotatable bonds is 6. The van der Waals surface area contributed by atoms with Gasteiger partial charge in [-0.05, 0) is 31.5 Å². The van der Waals surface area contributed by atoms with Crippen molar-refractivity contribution in [3.8, 4) is 11.8 Å². The van der Waals surface area contributed by atoms with Gasteiger partial charge in [0, 0.05) is 0 Å². The summed E-state index contributed by atoms with van der Waals surface area (Å²) < 4.78 is 10.6. The molecule has 1 aromatic heterocycles. The van der Waals surface area contributed by atoms with Crippen molar-refractivity contribution < 1.29 is 9.47 Å². The Balaban J connectivity index is 2.34. The molecule has 2 aromatic rings. The van der Waals surface area contributed by atoms with Crippen molar-refractivity contribution in [1.82, 2.24) is 15.0 Å². The molecular weight excluding hydrogens is 272 g/mol. The molecule has 0 bridgehead atoms. The predicted molar refractivity (Wildman–Crippen MR) is 79.8 cm³/mol. The minimum absolute atomic E-state index is 0.189. The van der Waals surface area contributed by atoms with Gasteiger partial charge in [0.05, 0.1) is 19.4 Å². The summed E-state index contributed by atoms with van der Waals surface area (Å²) in [6.07, 6.45) is 0. The van der Waals surface area contributed by atoms with Crippen molar-refractivity contribution in [1.29, 1.82) is 0 Å². The van der Waals surface area contributed by atoms with Gasteiger partial charge in [0.25, 0.3) is 0 Å². The van der Waals surface area contributed by atoms with E-state index in [-0.39, 0.29) is 12.0 Å². The van der Waals surface area contributed by atoms with E-state index in [2.05, 4.69) is 25.7 Å². The zero-order chi connectivity index (χ0) is 15.2. The number of ether oxygens (including phenoxy) is 2. The minimum atomic E-state index is 0.189. The number of benzene rings is 1. The molecular formula is C13H18N6O2. The molecule has 0 saturated carbocycles. The molecule has 8 nitrogen and oxygen atoms in total. The van der Waals surface area contributed by atoms with Crippen LogP contribution in [0.2, 0.25) is 0 Å². The fourth-order valence-corrected chi connectivity index (χ4v) is 1.71. The highest BCUT2D eigenvalue weighted by Crippen LogP contribution is 2.27. The van der Waals surface area contributed by atoms with E-state index in [9.17, 15) is 0 Å². The first kappa shape index (κ1) is 14.8. The Morgan fingerprint density at radius 3 is 2.62 bits per heavy atom. The lowest BCUT2D eigenvalue weighted by molar-refractivity contribution is 0.312. The van der Waals surface area contributed by atoms with Gasteiger partial charge in [-0.2, -0.15) is 15.0 Å². The number of hydrogen-bond donors (Lipinski definition) is 3. The standard InChI is InChI=1S/C13H18N6O2/c1-4-21-13-17-11(16-12(18-13)19-14)15-9-7-8(2)5-6-10(9)20-3/h5-7H,4,14H2,1-3H3,(H2,15,16,17,18,19). The van der Waals surface area contributed by atoms with Gasteiger partial charge in [0.1, 0.15) is 5.75 Å². The lowest BCUT2D eigenvalue weighted by atomic mass is 10.2. The van der Waals surface area contributed by atoms with Crippen LogP contribution in [0.4, 0.5) is 17.6 Å². The third-order valence-corrected chi connectivity index (χ3v) is 2.62. The summed E-state index contributed by atoms with van der Waals surface area (Å²) in [4.78, 5) is 12.3. The van der Waals surface area contributed by atoms with Crippen LogP contribution < -0.4 is 26.1 Å². The second kappa shape index (κ2) is 6.71. The molecule has 0 amide bonds. The third-order valence-electron chi connectivity index (χ3n) is 2.62. The van der Waals surface area contributed by atoms with Crippen LogP contribution in [-0.4, -0.2) is 28.7 Å². The SMILES string of the molecule is CCOc1nc(NN)nc(Nc2cc(C)ccc2OC)n1. The van der Waals surface area contributed by atoms with Crippen LogP contribution >= 0.6 is 0 Å². The maximum atomic E-state index is 5.35. The van der Waals surface area contributed by atoms with Crippen LogP contribution in [0.25, 0.3) is 0 Å². The topological polar surface area (TPSA) is 107 Å². The molecule has 2 rings (SSSR count). The maximum absolute atomic E-state index is 5.35. The van der Waals surface area contributed by atoms with Crippen LogP contribution in [0.3, 0.4) is 0 Å². The van der Waals surface area contributed by atoms with E-state index in [0.29, 0.717) is 18.3 Å². The third kappa shape index (κ3) is 3.69. The van der Waals surface area contributed by atoms with Crippen molar-refractivity contribution in [3.05, 3.63) is 23.8 Å². The monoisotopic (exact) mass is 290 g/mol. The second-order valence-electron chi connectivity index (χ2n) is 4.17. The van der Waals surface area contributed by atoms with Gasteiger partial charge in [-0.25, -0.2) is 5.84 Å². The van der Waals surface area contributed by atoms with Crippen molar-refractivity contribution in [2.45, 2.75) is 13.8 Å². The summed E-state index contributed by atoms with van der Waals surface area (Å²) in [7, 11) is 1.60. The first-order valence-electron chi connectivity index (χ1n) is 6.43. The molecule has 0 saturated heterocycles. The number of nitrogens with two attached hydrogens (primary N) is 1. The molecule has 0 aliphatic heterocycles. The first-order chi connectivity index (χ1) is 10.2. The molecule has 21 heavy (non-hydrogen) atoms. The van der Waals surface area contributed by atoms with Gasteiger partial charge in [0.2, 0.25) is 11.9 Å². The predicted octanol–water partition coefficient (Wildman–Crippen LogP) is 1.62. The molecule has 0 fully saturated rings. The highest BCUT2D eigenvalue weighted by Gasteiger charge is 2.09. The largest absolute Gasteiger partial charge is 0.495 e. The fraction of sp³-hybridized carbons (Fsp3) is 0.308. The van der Waals surface area contributed by atoms with Crippen molar-refractivity contribution in [2.75, 3.05) is 24.5 Å². The van der Waals surface area contributed by atoms with E-state index < -0.39 is 0 Å². The van der Waals surface area contributed by atoms with Crippen molar-refractivity contribution in [3.63, 3.8) is 0 Å². The number of aromatic nitrogens is 3. The number of hydrogen-bond acceptors (Lipinski definition) is 8. The van der Waals surface area contributed by atoms with E-state index in [1.807, 2.05) is 32.0 Å². The van der Waals surface area contributed by atoms with Crippen molar-refractivity contribution in [2.24, 2.45) is 5.84 Å². The van der Waals surface area contributed by atoms with Crippen LogP contribution in [0.1, 0.15) is 12.5 Å². The normalized spacial score (nSPS) is 10.1. The molecule has 4 N–H and O–H groups in total. The van der Waals surface area contributed by atoms with Crippen molar-refractivity contribution >= 4 is 17.6 Å². The average molecular weight is 290 g/mol. The minimum Gasteiger partial charge on any atom is -0.495 e. The molecule has 0 aliphatic rings. The zero-order valence-electron chi connectivity index (χ0n) is 12.2. The number of nitrogen functional groups attached to an aromatic ring is 1. The molecule has 0 radical (unpaired) electrons. The van der Waals surface area contributed by atoms with Gasteiger partial charge in [0.15, 0.2) is 0 Å². The molecule has 0 spiro atoms. The van der Waals surface area contributed by atoms with Crippen LogP contribution in [0.15, 0.2) is 18.2 Å². The lowest BCUT2D eigenvalue weighted by Crippen LogP contribution is -2.13. The molecule has 0 aliphatic carbocycles. The van der Waals surface area contributed by atoms with Crippen LogP contribution in [0.5, 0.6) is 11.8 Å². The van der Waals surface area contributed by atoms with E-state index in [1.165, 1.54) is 0 Å². The maximum Gasteiger partial charge on any atom is 0.323 e.